The zero-order valence-corrected chi connectivity index (χ0v) is 17.9. The molecule has 3 heterocycles. The number of rotatable bonds is 4. The average molecular weight is 430 g/mol. The number of piperidine rings is 1. The van der Waals surface area contributed by atoms with Gasteiger partial charge in [-0.1, -0.05) is 0 Å². The van der Waals surface area contributed by atoms with E-state index < -0.39 is 0 Å². The number of aryl methyl sites for hydroxylation is 2. The molecule has 0 atom stereocenters. The molecule has 0 amide bonds. The Labute approximate surface area is 178 Å². The van der Waals surface area contributed by atoms with Gasteiger partial charge in [0.05, 0.1) is 11.4 Å². The minimum absolute atomic E-state index is 0. The van der Waals surface area contributed by atoms with E-state index in [1.807, 2.05) is 13.0 Å². The second-order valence-electron chi connectivity index (χ2n) is 7.45. The summed E-state index contributed by atoms with van der Waals surface area (Å²) in [5.74, 6) is -0.156. The van der Waals surface area contributed by atoms with Gasteiger partial charge in [0.2, 0.25) is 0 Å². The molecule has 1 fully saturated rings. The van der Waals surface area contributed by atoms with Gasteiger partial charge in [-0.25, -0.2) is 4.39 Å². The van der Waals surface area contributed by atoms with Crippen molar-refractivity contribution in [2.45, 2.75) is 51.9 Å². The summed E-state index contributed by atoms with van der Waals surface area (Å²) in [6.07, 6.45) is 3.35. The third-order valence-electron chi connectivity index (χ3n) is 5.51. The number of benzene rings is 1. The Balaban J connectivity index is 0.00000140. The first-order valence-electron chi connectivity index (χ1n) is 9.70. The van der Waals surface area contributed by atoms with Gasteiger partial charge < -0.3 is 15.5 Å². The number of aromatic nitrogens is 2. The number of nitrogens with zero attached hydrogens (tertiary/aromatic N) is 3. The van der Waals surface area contributed by atoms with Gasteiger partial charge >= 0.3 is 0 Å². The van der Waals surface area contributed by atoms with E-state index in [1.54, 1.807) is 12.1 Å². The van der Waals surface area contributed by atoms with Crippen molar-refractivity contribution in [3.63, 3.8) is 0 Å². The Morgan fingerprint density at radius 1 is 1.18 bits per heavy atom. The van der Waals surface area contributed by atoms with Crippen LogP contribution in [0.4, 0.5) is 10.1 Å². The van der Waals surface area contributed by atoms with E-state index in [0.717, 1.165) is 75.5 Å². The summed E-state index contributed by atoms with van der Waals surface area (Å²) in [5.41, 5.74) is 4.61. The molecule has 0 saturated carbocycles. The highest BCUT2D eigenvalue weighted by molar-refractivity contribution is 5.85. The van der Waals surface area contributed by atoms with Crippen LogP contribution in [0.2, 0.25) is 0 Å². The van der Waals surface area contributed by atoms with Crippen LogP contribution in [0.25, 0.3) is 0 Å². The maximum absolute atomic E-state index is 13.3. The molecule has 1 aromatic carbocycles. The third kappa shape index (κ3) is 5.38. The van der Waals surface area contributed by atoms with Crippen molar-refractivity contribution in [1.29, 1.82) is 0 Å². The smallest absolute Gasteiger partial charge is 0.123 e. The van der Waals surface area contributed by atoms with Gasteiger partial charge in [-0.2, -0.15) is 5.10 Å². The summed E-state index contributed by atoms with van der Waals surface area (Å²) < 4.78 is 15.5. The second kappa shape index (κ2) is 10.4. The topological polar surface area (TPSA) is 45.1 Å². The number of hydrogen-bond acceptors (Lipinski definition) is 4. The molecule has 8 heteroatoms. The fourth-order valence-corrected chi connectivity index (χ4v) is 4.05. The summed E-state index contributed by atoms with van der Waals surface area (Å²) >= 11 is 0. The highest BCUT2D eigenvalue weighted by Gasteiger charge is 2.21. The third-order valence-corrected chi connectivity index (χ3v) is 5.51. The van der Waals surface area contributed by atoms with Crippen molar-refractivity contribution in [3.05, 3.63) is 47.0 Å². The first kappa shape index (κ1) is 22.9. The van der Waals surface area contributed by atoms with Crippen molar-refractivity contribution in [2.75, 3.05) is 24.5 Å². The number of fused-ring (bicyclic) bond motifs is 1. The molecule has 2 N–H and O–H groups in total. The zero-order valence-electron chi connectivity index (χ0n) is 16.3. The van der Waals surface area contributed by atoms with Crippen molar-refractivity contribution in [2.24, 2.45) is 0 Å². The lowest BCUT2D eigenvalue weighted by molar-refractivity contribution is 0.410. The van der Waals surface area contributed by atoms with Gasteiger partial charge in [0, 0.05) is 44.5 Å². The van der Waals surface area contributed by atoms with Gasteiger partial charge in [0.1, 0.15) is 5.82 Å². The normalized spacial score (nSPS) is 17.3. The molecule has 0 aliphatic carbocycles. The number of nitrogens with one attached hydrogen (secondary N) is 2. The molecule has 0 radical (unpaired) electrons. The van der Waals surface area contributed by atoms with Gasteiger partial charge in [0.25, 0.3) is 0 Å². The molecule has 28 heavy (non-hydrogen) atoms. The van der Waals surface area contributed by atoms with Crippen LogP contribution < -0.4 is 15.5 Å². The number of hydrogen-bond donors (Lipinski definition) is 2. The fraction of sp³-hybridized carbons (Fsp3) is 0.550. The molecule has 1 saturated heterocycles. The average Bonchev–Trinajstić information content (AvgIpc) is 2.90. The van der Waals surface area contributed by atoms with E-state index in [-0.39, 0.29) is 30.6 Å². The van der Waals surface area contributed by atoms with Gasteiger partial charge in [-0.05, 0) is 62.6 Å². The van der Waals surface area contributed by atoms with Crippen LogP contribution in [0.1, 0.15) is 36.2 Å². The minimum Gasteiger partial charge on any atom is -0.371 e. The van der Waals surface area contributed by atoms with Gasteiger partial charge in [-0.3, -0.25) is 4.68 Å². The Hall–Kier alpha value is -1.34. The predicted octanol–water partition coefficient (Wildman–Crippen LogP) is 3.43. The van der Waals surface area contributed by atoms with Crippen LogP contribution in [0, 0.1) is 12.7 Å². The zero-order chi connectivity index (χ0) is 17.9. The molecule has 0 bridgehead atoms. The lowest BCUT2D eigenvalue weighted by atomic mass is 10.0. The SMILES string of the molecule is Cc1cc(F)ccc1N1CCC(NCc2cc3n(n2)CCCNC3)CC1.Cl.Cl. The van der Waals surface area contributed by atoms with Crippen molar-refractivity contribution < 1.29 is 4.39 Å². The van der Waals surface area contributed by atoms with E-state index >= 15 is 0 Å². The first-order valence-corrected chi connectivity index (χ1v) is 9.70. The maximum atomic E-state index is 13.3. The lowest BCUT2D eigenvalue weighted by Gasteiger charge is -2.34. The van der Waals surface area contributed by atoms with Crippen molar-refractivity contribution >= 4 is 30.5 Å². The minimum atomic E-state index is -0.156. The van der Waals surface area contributed by atoms with Crippen LogP contribution in [0.3, 0.4) is 0 Å². The Kier molecular flexibility index (Phi) is 8.56. The molecule has 156 valence electrons. The largest absolute Gasteiger partial charge is 0.371 e. The lowest BCUT2D eigenvalue weighted by Crippen LogP contribution is -2.42. The van der Waals surface area contributed by atoms with Crippen LogP contribution in [0.15, 0.2) is 24.3 Å². The summed E-state index contributed by atoms with van der Waals surface area (Å²) in [6, 6.07) is 7.83. The molecule has 2 aliphatic rings. The summed E-state index contributed by atoms with van der Waals surface area (Å²) in [6.45, 7) is 7.84. The molecule has 2 aromatic rings. The Morgan fingerprint density at radius 3 is 2.71 bits per heavy atom. The Bertz CT molecular complexity index is 736. The second-order valence-corrected chi connectivity index (χ2v) is 7.45. The number of anilines is 1. The molecular weight excluding hydrogens is 400 g/mol. The van der Waals surface area contributed by atoms with Crippen LogP contribution >= 0.6 is 24.8 Å². The Morgan fingerprint density at radius 2 is 1.96 bits per heavy atom. The quantitative estimate of drug-likeness (QED) is 0.781. The van der Waals surface area contributed by atoms with E-state index in [2.05, 4.69) is 26.3 Å². The predicted molar refractivity (Wildman–Crippen MR) is 116 cm³/mol. The van der Waals surface area contributed by atoms with Crippen LogP contribution in [0.5, 0.6) is 0 Å². The van der Waals surface area contributed by atoms with E-state index in [0.29, 0.717) is 6.04 Å². The highest BCUT2D eigenvalue weighted by Crippen LogP contribution is 2.24. The fourth-order valence-electron chi connectivity index (χ4n) is 4.05. The molecule has 0 spiro atoms. The van der Waals surface area contributed by atoms with Crippen LogP contribution in [-0.4, -0.2) is 35.5 Å². The first-order chi connectivity index (χ1) is 12.7. The standard InChI is InChI=1S/C20H28FN5.2ClH/c1-15-11-16(21)3-4-20(15)25-9-5-17(6-10-25)23-13-18-12-19-14-22-7-2-8-26(19)24-18;;/h3-4,11-12,17,22-23H,2,5-10,13-14H2,1H3;2*1H. The van der Waals surface area contributed by atoms with Gasteiger partial charge in [0.15, 0.2) is 0 Å². The van der Waals surface area contributed by atoms with E-state index in [4.69, 9.17) is 5.10 Å². The van der Waals surface area contributed by atoms with Crippen LogP contribution in [-0.2, 0) is 19.6 Å². The summed E-state index contributed by atoms with van der Waals surface area (Å²) in [7, 11) is 0. The van der Waals surface area contributed by atoms with E-state index in [9.17, 15) is 4.39 Å². The molecule has 2 aliphatic heterocycles. The highest BCUT2D eigenvalue weighted by atomic mass is 35.5. The number of halogens is 3. The molecule has 0 unspecified atom stereocenters. The van der Waals surface area contributed by atoms with E-state index in [1.165, 1.54) is 5.69 Å². The van der Waals surface area contributed by atoms with Crippen molar-refractivity contribution in [1.82, 2.24) is 20.4 Å². The summed E-state index contributed by atoms with van der Waals surface area (Å²) in [4.78, 5) is 2.37. The maximum Gasteiger partial charge on any atom is 0.123 e. The molecule has 1 aromatic heterocycles. The van der Waals surface area contributed by atoms with Crippen molar-refractivity contribution in [3.8, 4) is 0 Å². The summed E-state index contributed by atoms with van der Waals surface area (Å²) in [5, 5.41) is 11.9. The molecule has 5 nitrogen and oxygen atoms in total. The monoisotopic (exact) mass is 429 g/mol. The molecular formula is C20H30Cl2FN5. The van der Waals surface area contributed by atoms with Gasteiger partial charge in [-0.15, -0.1) is 24.8 Å². The molecule has 4 rings (SSSR count).